The van der Waals surface area contributed by atoms with E-state index in [9.17, 15) is 5.11 Å². The number of hydrogen-bond acceptors (Lipinski definition) is 1. The van der Waals surface area contributed by atoms with Gasteiger partial charge in [0.1, 0.15) is 6.10 Å². The maximum Gasteiger partial charge on any atom is 0.104 e. The summed E-state index contributed by atoms with van der Waals surface area (Å²) in [6.45, 7) is 0. The van der Waals surface area contributed by atoms with Crippen molar-refractivity contribution in [2.45, 2.75) is 6.10 Å². The fourth-order valence-corrected chi connectivity index (χ4v) is 2.10. The molecule has 2 aromatic carbocycles. The predicted molar refractivity (Wildman–Crippen MR) is 106 cm³/mol. The molecule has 1 N–H and O–H groups in total. The zero-order valence-corrected chi connectivity index (χ0v) is 16.6. The molecule has 2 aromatic rings. The second-order valence-electron chi connectivity index (χ2n) is 5.15. The van der Waals surface area contributed by atoms with E-state index in [1.807, 2.05) is 125 Å². The summed E-state index contributed by atoms with van der Waals surface area (Å²) in [4.78, 5) is 0. The Morgan fingerprint density at radius 2 is 0.692 bits per heavy atom. The third kappa shape index (κ3) is 10.3. The summed E-state index contributed by atoms with van der Waals surface area (Å²) in [5.74, 6) is 0. The first kappa shape index (κ1) is 25.1. The monoisotopic (exact) mass is 377 g/mol. The fourth-order valence-electron chi connectivity index (χ4n) is 2.10. The first-order chi connectivity index (χ1) is 11.9. The van der Waals surface area contributed by atoms with Crippen LogP contribution in [0.1, 0.15) is 17.2 Å². The van der Waals surface area contributed by atoms with Crippen molar-refractivity contribution in [1.29, 1.82) is 0 Å². The van der Waals surface area contributed by atoms with Gasteiger partial charge in [-0.05, 0) is 75.3 Å². The molecule has 2 fully saturated rings. The van der Waals surface area contributed by atoms with Crippen LogP contribution in [-0.2, 0) is 21.7 Å². The van der Waals surface area contributed by atoms with Crippen molar-refractivity contribution >= 4 is 0 Å². The topological polar surface area (TPSA) is 20.2 Å². The molecule has 2 heteroatoms. The van der Waals surface area contributed by atoms with E-state index >= 15 is 0 Å². The molecule has 0 atom stereocenters. The molecule has 10 radical (unpaired) electrons. The van der Waals surface area contributed by atoms with E-state index in [2.05, 4.69) is 0 Å². The maximum atomic E-state index is 9.99. The average molecular weight is 377 g/mol. The van der Waals surface area contributed by atoms with Gasteiger partial charge in [0.05, 0.1) is 0 Å². The Hall–Kier alpha value is -0.886. The van der Waals surface area contributed by atoms with Crippen LogP contribution in [0.25, 0.3) is 0 Å². The van der Waals surface area contributed by atoms with Gasteiger partial charge in [-0.2, -0.15) is 0 Å². The van der Waals surface area contributed by atoms with E-state index in [1.165, 1.54) is 0 Å². The van der Waals surface area contributed by atoms with Crippen LogP contribution in [0.5, 0.6) is 0 Å². The molecule has 0 unspecified atom stereocenters. The normalized spacial score (nSPS) is 14.8. The van der Waals surface area contributed by atoms with Gasteiger partial charge in [-0.1, -0.05) is 60.7 Å². The maximum absolute atomic E-state index is 9.99. The van der Waals surface area contributed by atoms with E-state index < -0.39 is 6.10 Å². The Morgan fingerprint density at radius 1 is 0.462 bits per heavy atom. The molecule has 0 bridgehead atoms. The molecule has 2 aliphatic carbocycles. The van der Waals surface area contributed by atoms with Crippen molar-refractivity contribution < 1.29 is 26.8 Å². The van der Waals surface area contributed by atoms with Crippen LogP contribution in [0, 0.1) is 71.6 Å². The Morgan fingerprint density at radius 3 is 0.923 bits per heavy atom. The van der Waals surface area contributed by atoms with Gasteiger partial charge in [-0.25, -0.2) is 0 Å². The molecular weight excluding hydrogens is 352 g/mol. The predicted octanol–water partition coefficient (Wildman–Crippen LogP) is 5.26. The third-order valence-corrected chi connectivity index (χ3v) is 3.34. The summed E-state index contributed by atoms with van der Waals surface area (Å²) < 4.78 is 0. The van der Waals surface area contributed by atoms with Crippen LogP contribution in [-0.4, -0.2) is 5.11 Å². The van der Waals surface area contributed by atoms with Gasteiger partial charge < -0.3 is 12.5 Å². The van der Waals surface area contributed by atoms with Crippen molar-refractivity contribution in [1.82, 2.24) is 0 Å². The van der Waals surface area contributed by atoms with Crippen LogP contribution in [0.4, 0.5) is 0 Å². The minimum atomic E-state index is -0.516. The number of hydrogen-bond donors (Lipinski definition) is 1. The largest absolute Gasteiger partial charge is 0.384 e. The minimum absolute atomic E-state index is 0. The van der Waals surface area contributed by atoms with Crippen molar-refractivity contribution in [3.05, 3.63) is 143 Å². The second kappa shape index (κ2) is 16.3. The van der Waals surface area contributed by atoms with Crippen LogP contribution in [0.3, 0.4) is 0 Å². The number of rotatable bonds is 2. The molecule has 0 saturated heterocycles. The van der Waals surface area contributed by atoms with Gasteiger partial charge >= 0.3 is 0 Å². The summed E-state index contributed by atoms with van der Waals surface area (Å²) in [5, 5.41) is 9.99. The van der Waals surface area contributed by atoms with Gasteiger partial charge in [-0.15, -0.1) is 0 Å². The molecule has 4 rings (SSSR count). The molecule has 26 heavy (non-hydrogen) atoms. The van der Waals surface area contributed by atoms with E-state index in [0.717, 1.165) is 11.1 Å². The second-order valence-corrected chi connectivity index (χ2v) is 5.15. The molecule has 132 valence electrons. The zero-order chi connectivity index (χ0) is 16.9. The van der Waals surface area contributed by atoms with Gasteiger partial charge in [0.25, 0.3) is 0 Å². The fraction of sp³-hybridized carbons (Fsp3) is 0.0417. The standard InChI is InChI=1S/C13H12O.2C5H5.CH3.Ti/c14-13(11-7-3-1-4-8-11)12-9-5-2-6-10-12;2*1-2-4-5-3-1;;/h1-10,13-14H;2*1-5H;1H3;/q;;;-1;. The zero-order valence-electron chi connectivity index (χ0n) is 15.1. The Kier molecular flexibility index (Phi) is 15.7. The van der Waals surface area contributed by atoms with Crippen LogP contribution < -0.4 is 0 Å². The number of benzene rings is 2. The van der Waals surface area contributed by atoms with Crippen molar-refractivity contribution in [2.24, 2.45) is 0 Å². The van der Waals surface area contributed by atoms with Crippen molar-refractivity contribution in [2.75, 3.05) is 0 Å². The van der Waals surface area contributed by atoms with Crippen LogP contribution in [0.15, 0.2) is 60.7 Å². The summed E-state index contributed by atoms with van der Waals surface area (Å²) >= 11 is 0. The van der Waals surface area contributed by atoms with Gasteiger partial charge in [0.15, 0.2) is 0 Å². The SMILES string of the molecule is OC(c1ccccc1)c1ccccc1.[CH3-].[CH]1[CH][CH][CH][CH]1.[CH]1[CH][CH][CH][CH]1.[Ti]. The molecule has 1 nitrogen and oxygen atoms in total. The third-order valence-electron chi connectivity index (χ3n) is 3.34. The molecule has 0 spiro atoms. The van der Waals surface area contributed by atoms with Crippen molar-refractivity contribution in [3.8, 4) is 0 Å². The molecule has 0 aromatic heterocycles. The number of aliphatic hydroxyl groups excluding tert-OH is 1. The Labute approximate surface area is 176 Å². The van der Waals surface area contributed by atoms with Crippen molar-refractivity contribution in [3.63, 3.8) is 0 Å². The van der Waals surface area contributed by atoms with E-state index in [0.29, 0.717) is 0 Å². The first-order valence-electron chi connectivity index (χ1n) is 7.99. The molecule has 2 aliphatic rings. The molecule has 0 heterocycles. The quantitative estimate of drug-likeness (QED) is 0.559. The van der Waals surface area contributed by atoms with Gasteiger partial charge in [0, 0.05) is 21.7 Å². The Bertz CT molecular complexity index is 454. The molecule has 0 amide bonds. The van der Waals surface area contributed by atoms with Crippen LogP contribution in [0.2, 0.25) is 0 Å². The summed E-state index contributed by atoms with van der Waals surface area (Å²) in [5.41, 5.74) is 1.86. The van der Waals surface area contributed by atoms with E-state index in [4.69, 9.17) is 0 Å². The van der Waals surface area contributed by atoms with Gasteiger partial charge in [-0.3, -0.25) is 0 Å². The smallest absolute Gasteiger partial charge is 0.104 e. The number of aliphatic hydroxyl groups is 1. The summed E-state index contributed by atoms with van der Waals surface area (Å²) in [6, 6.07) is 19.3. The average Bonchev–Trinajstić information content (AvgIpc) is 3.41. The molecular formula is C24H25OTi-. The summed E-state index contributed by atoms with van der Waals surface area (Å²) in [7, 11) is 0. The van der Waals surface area contributed by atoms with E-state index in [-0.39, 0.29) is 29.1 Å². The Balaban J connectivity index is 0.000000432. The first-order valence-corrected chi connectivity index (χ1v) is 7.99. The molecule has 2 saturated carbocycles. The van der Waals surface area contributed by atoms with Gasteiger partial charge in [0.2, 0.25) is 0 Å². The minimum Gasteiger partial charge on any atom is -0.384 e. The molecule has 0 aliphatic heterocycles. The van der Waals surface area contributed by atoms with E-state index in [1.54, 1.807) is 0 Å². The van der Waals surface area contributed by atoms with Crippen LogP contribution >= 0.6 is 0 Å². The summed E-state index contributed by atoms with van der Waals surface area (Å²) in [6.07, 6.45) is 19.5.